The van der Waals surface area contributed by atoms with Gasteiger partial charge in [-0.25, -0.2) is 0 Å². The molecule has 17 heavy (non-hydrogen) atoms. The molecule has 1 unspecified atom stereocenters. The van der Waals surface area contributed by atoms with Gasteiger partial charge < -0.3 is 5.32 Å². The highest BCUT2D eigenvalue weighted by atomic mass is 19.4. The fourth-order valence-corrected chi connectivity index (χ4v) is 1.34. The molecule has 0 radical (unpaired) electrons. The van der Waals surface area contributed by atoms with Gasteiger partial charge in [0.15, 0.2) is 0 Å². The summed E-state index contributed by atoms with van der Waals surface area (Å²) in [4.78, 5) is 3.82. The summed E-state index contributed by atoms with van der Waals surface area (Å²) >= 11 is 0. The summed E-state index contributed by atoms with van der Waals surface area (Å²) in [7, 11) is 1.72. The maximum Gasteiger partial charge on any atom is 0.417 e. The van der Waals surface area contributed by atoms with Crippen LogP contribution in [-0.4, -0.2) is 12.0 Å². The van der Waals surface area contributed by atoms with Crippen molar-refractivity contribution in [1.82, 2.24) is 10.3 Å². The van der Waals surface area contributed by atoms with Gasteiger partial charge in [-0.1, -0.05) is 0 Å². The number of rotatable bonds is 3. The van der Waals surface area contributed by atoms with Crippen molar-refractivity contribution < 1.29 is 13.2 Å². The van der Waals surface area contributed by atoms with E-state index < -0.39 is 11.7 Å². The molecule has 1 heterocycles. The summed E-state index contributed by atoms with van der Waals surface area (Å²) in [6.07, 6.45) is -2.98. The van der Waals surface area contributed by atoms with Crippen molar-refractivity contribution in [3.63, 3.8) is 0 Å². The highest BCUT2D eigenvalue weighted by molar-refractivity contribution is 5.20. The Balaban J connectivity index is 2.87. The maximum absolute atomic E-state index is 12.3. The second-order valence-corrected chi connectivity index (χ2v) is 3.44. The van der Waals surface area contributed by atoms with Crippen LogP contribution in [0.15, 0.2) is 18.3 Å². The lowest BCUT2D eigenvalue weighted by Crippen LogP contribution is -2.17. The summed E-state index contributed by atoms with van der Waals surface area (Å²) in [6.45, 7) is 1.72. The monoisotopic (exact) mass is 242 g/mol. The third-order valence-corrected chi connectivity index (χ3v) is 2.30. The van der Waals surface area contributed by atoms with E-state index in [4.69, 9.17) is 0 Å². The first-order valence-electron chi connectivity index (χ1n) is 5.09. The first-order valence-corrected chi connectivity index (χ1v) is 5.09. The highest BCUT2D eigenvalue weighted by Crippen LogP contribution is 2.29. The SMILES string of the molecule is CC#CCC(NC)c1ccc(C(F)(F)F)cn1. The van der Waals surface area contributed by atoms with Crippen LogP contribution in [0.1, 0.15) is 30.6 Å². The van der Waals surface area contributed by atoms with E-state index in [0.29, 0.717) is 12.1 Å². The number of nitrogens with zero attached hydrogens (tertiary/aromatic N) is 1. The lowest BCUT2D eigenvalue weighted by molar-refractivity contribution is -0.137. The number of alkyl halides is 3. The van der Waals surface area contributed by atoms with Gasteiger partial charge in [-0.15, -0.1) is 11.8 Å². The molecule has 5 heteroatoms. The van der Waals surface area contributed by atoms with Gasteiger partial charge in [-0.3, -0.25) is 4.98 Å². The molecule has 1 aromatic rings. The number of pyridine rings is 1. The first-order chi connectivity index (χ1) is 7.99. The molecule has 2 nitrogen and oxygen atoms in total. The van der Waals surface area contributed by atoms with E-state index in [1.165, 1.54) is 6.07 Å². The van der Waals surface area contributed by atoms with Gasteiger partial charge in [0, 0.05) is 12.6 Å². The van der Waals surface area contributed by atoms with E-state index in [1.807, 2.05) is 0 Å². The van der Waals surface area contributed by atoms with Gasteiger partial charge in [0.2, 0.25) is 0 Å². The second kappa shape index (κ2) is 5.69. The number of nitrogens with one attached hydrogen (secondary N) is 1. The van der Waals surface area contributed by atoms with Crippen molar-refractivity contribution in [2.24, 2.45) is 0 Å². The first kappa shape index (κ1) is 13.5. The van der Waals surface area contributed by atoms with Crippen molar-refractivity contribution in [3.8, 4) is 11.8 Å². The molecule has 0 spiro atoms. The van der Waals surface area contributed by atoms with Crippen LogP contribution < -0.4 is 5.32 Å². The van der Waals surface area contributed by atoms with E-state index >= 15 is 0 Å². The van der Waals surface area contributed by atoms with E-state index in [0.717, 1.165) is 12.3 Å². The molecule has 0 aliphatic heterocycles. The third-order valence-electron chi connectivity index (χ3n) is 2.30. The van der Waals surface area contributed by atoms with Gasteiger partial charge in [-0.2, -0.15) is 13.2 Å². The summed E-state index contributed by atoms with van der Waals surface area (Å²) in [5.74, 6) is 5.61. The van der Waals surface area contributed by atoms with Crippen LogP contribution in [0.2, 0.25) is 0 Å². The zero-order valence-corrected chi connectivity index (χ0v) is 9.60. The Bertz CT molecular complexity index is 412. The minimum absolute atomic E-state index is 0.148. The summed E-state index contributed by atoms with van der Waals surface area (Å²) in [5.41, 5.74) is -0.180. The Labute approximate surface area is 98.3 Å². The molecule has 0 aliphatic carbocycles. The summed E-state index contributed by atoms with van der Waals surface area (Å²) < 4.78 is 37.0. The van der Waals surface area contributed by atoms with Gasteiger partial charge in [0.05, 0.1) is 17.3 Å². The fraction of sp³-hybridized carbons (Fsp3) is 0.417. The largest absolute Gasteiger partial charge is 0.417 e. The molecular formula is C12H13F3N2. The van der Waals surface area contributed by atoms with Gasteiger partial charge >= 0.3 is 6.18 Å². The van der Waals surface area contributed by atoms with Crippen molar-refractivity contribution >= 4 is 0 Å². The Hall–Kier alpha value is -1.54. The average molecular weight is 242 g/mol. The predicted octanol–water partition coefficient (Wildman–Crippen LogP) is 2.77. The van der Waals surface area contributed by atoms with Gasteiger partial charge in [0.25, 0.3) is 0 Å². The van der Waals surface area contributed by atoms with Crippen LogP contribution in [0, 0.1) is 11.8 Å². The molecule has 0 bridgehead atoms. The van der Waals surface area contributed by atoms with Crippen LogP contribution in [0.4, 0.5) is 13.2 Å². The summed E-state index contributed by atoms with van der Waals surface area (Å²) in [6, 6.07) is 2.26. The van der Waals surface area contributed by atoms with Crippen molar-refractivity contribution in [1.29, 1.82) is 0 Å². The third kappa shape index (κ3) is 3.75. The molecule has 0 saturated carbocycles. The minimum Gasteiger partial charge on any atom is -0.311 e. The molecule has 1 aromatic heterocycles. The van der Waals surface area contributed by atoms with Crippen molar-refractivity contribution in [2.75, 3.05) is 7.05 Å². The molecule has 1 atom stereocenters. The predicted molar refractivity (Wildman–Crippen MR) is 59.1 cm³/mol. The van der Waals surface area contributed by atoms with E-state index in [-0.39, 0.29) is 6.04 Å². The number of hydrogen-bond acceptors (Lipinski definition) is 2. The zero-order valence-electron chi connectivity index (χ0n) is 9.60. The highest BCUT2D eigenvalue weighted by Gasteiger charge is 2.30. The van der Waals surface area contributed by atoms with E-state index in [1.54, 1.807) is 14.0 Å². The van der Waals surface area contributed by atoms with Gasteiger partial charge in [0.1, 0.15) is 0 Å². The van der Waals surface area contributed by atoms with Crippen molar-refractivity contribution in [2.45, 2.75) is 25.6 Å². The average Bonchev–Trinajstić information content (AvgIpc) is 2.29. The molecule has 0 saturated heterocycles. The van der Waals surface area contributed by atoms with Gasteiger partial charge in [-0.05, 0) is 26.1 Å². The van der Waals surface area contributed by atoms with Crippen LogP contribution >= 0.6 is 0 Å². The molecule has 0 amide bonds. The smallest absolute Gasteiger partial charge is 0.311 e. The maximum atomic E-state index is 12.3. The molecule has 0 fully saturated rings. The minimum atomic E-state index is -4.34. The molecule has 0 aromatic carbocycles. The van der Waals surface area contributed by atoms with E-state index in [9.17, 15) is 13.2 Å². The van der Waals surface area contributed by atoms with Crippen LogP contribution in [-0.2, 0) is 6.18 Å². The molecule has 1 rings (SSSR count). The lowest BCUT2D eigenvalue weighted by Gasteiger charge is -2.13. The van der Waals surface area contributed by atoms with Crippen LogP contribution in [0.25, 0.3) is 0 Å². The topological polar surface area (TPSA) is 24.9 Å². The Morgan fingerprint density at radius 3 is 2.53 bits per heavy atom. The van der Waals surface area contributed by atoms with Crippen LogP contribution in [0.3, 0.4) is 0 Å². The Morgan fingerprint density at radius 1 is 1.41 bits per heavy atom. The summed E-state index contributed by atoms with van der Waals surface area (Å²) in [5, 5.41) is 2.97. The quantitative estimate of drug-likeness (QED) is 0.824. The number of halogens is 3. The Kier molecular flexibility index (Phi) is 4.53. The number of aromatic nitrogens is 1. The normalized spacial score (nSPS) is 12.8. The number of hydrogen-bond donors (Lipinski definition) is 1. The molecular weight excluding hydrogens is 229 g/mol. The standard InChI is InChI=1S/C12H13F3N2/c1-3-4-5-10(16-2)11-7-6-9(8-17-11)12(13,14)15/h6-8,10,16H,5H2,1-2H3. The zero-order chi connectivity index (χ0) is 12.9. The molecule has 92 valence electrons. The molecule has 0 aliphatic rings. The van der Waals surface area contributed by atoms with Crippen molar-refractivity contribution in [3.05, 3.63) is 29.6 Å². The molecule has 1 N–H and O–H groups in total. The second-order valence-electron chi connectivity index (χ2n) is 3.44. The van der Waals surface area contributed by atoms with Crippen LogP contribution in [0.5, 0.6) is 0 Å². The lowest BCUT2D eigenvalue weighted by atomic mass is 10.1. The Morgan fingerprint density at radius 2 is 2.12 bits per heavy atom. The fourth-order valence-electron chi connectivity index (χ4n) is 1.34. The van der Waals surface area contributed by atoms with E-state index in [2.05, 4.69) is 22.1 Å².